The van der Waals surface area contributed by atoms with Crippen LogP contribution in [0.25, 0.3) is 77.2 Å². The molecule has 0 amide bonds. The molecule has 0 atom stereocenters. The maximum absolute atomic E-state index is 14.1. The Morgan fingerprint density at radius 2 is 0.845 bits per heavy atom. The molecule has 0 aliphatic carbocycles. The van der Waals surface area contributed by atoms with Crippen molar-refractivity contribution >= 4 is 43.6 Å². The fraction of sp³-hybridized carbons (Fsp3) is 0.0426. The highest BCUT2D eigenvalue weighted by Gasteiger charge is 2.37. The van der Waals surface area contributed by atoms with Crippen molar-refractivity contribution in [3.05, 3.63) is 167 Å². The molecule has 278 valence electrons. The molecule has 0 saturated heterocycles. The van der Waals surface area contributed by atoms with Gasteiger partial charge in [0.1, 0.15) is 0 Å². The SMILES string of the molecule is N#Cc1ccc(-n2c3ccccc3c3cc(C#N)ccc32)c(-c2ccc(-c3cc(C(F)(F)F)cc(C(F)(F)F)c3)cc2-n2c3ccccc3c3cc(C#N)ccc32)c1. The standard InChI is InChI=1S/C47H23F6N5/c48-46(49,50)32-20-31(21-33(23-32)47(51,52)53)30-12-13-36(45(22-30)58-41-8-4-2-6-35(41)38-18-28(25-55)11-16-44(38)58)39-19-29(26-56)10-15-43(39)57-40-7-3-1-5-34(40)37-17-27(24-54)9-14-42(37)57/h1-23H. The third-order valence-corrected chi connectivity index (χ3v) is 10.4. The summed E-state index contributed by atoms with van der Waals surface area (Å²) in [6.45, 7) is 0. The zero-order valence-electron chi connectivity index (χ0n) is 29.8. The molecule has 5 nitrogen and oxygen atoms in total. The largest absolute Gasteiger partial charge is 0.416 e. The second kappa shape index (κ2) is 13.2. The van der Waals surface area contributed by atoms with Crippen LogP contribution in [0, 0.1) is 34.0 Å². The Morgan fingerprint density at radius 1 is 0.379 bits per heavy atom. The molecule has 0 fully saturated rings. The van der Waals surface area contributed by atoms with Gasteiger partial charge in [-0.3, -0.25) is 0 Å². The molecule has 58 heavy (non-hydrogen) atoms. The van der Waals surface area contributed by atoms with Gasteiger partial charge in [0.2, 0.25) is 0 Å². The lowest BCUT2D eigenvalue weighted by Crippen LogP contribution is -2.11. The Balaban J connectivity index is 1.42. The average molecular weight is 772 g/mol. The molecule has 7 aromatic carbocycles. The van der Waals surface area contributed by atoms with Gasteiger partial charge in [-0.25, -0.2) is 0 Å². The normalized spacial score (nSPS) is 11.9. The zero-order valence-corrected chi connectivity index (χ0v) is 29.8. The highest BCUT2D eigenvalue weighted by Crippen LogP contribution is 2.44. The molecule has 0 unspecified atom stereocenters. The van der Waals surface area contributed by atoms with Crippen LogP contribution < -0.4 is 0 Å². The summed E-state index contributed by atoms with van der Waals surface area (Å²) < 4.78 is 88.6. The third kappa shape index (κ3) is 5.79. The monoisotopic (exact) mass is 771 g/mol. The molecule has 11 heteroatoms. The van der Waals surface area contributed by atoms with Crippen LogP contribution >= 0.6 is 0 Å². The van der Waals surface area contributed by atoms with Gasteiger partial charge in [-0.2, -0.15) is 42.1 Å². The van der Waals surface area contributed by atoms with Crippen LogP contribution in [0.4, 0.5) is 26.3 Å². The van der Waals surface area contributed by atoms with E-state index in [0.29, 0.717) is 67.7 Å². The fourth-order valence-electron chi connectivity index (χ4n) is 7.87. The summed E-state index contributed by atoms with van der Waals surface area (Å²) in [6.07, 6.45) is -10.1. The molecule has 0 aliphatic heterocycles. The van der Waals surface area contributed by atoms with E-state index in [-0.39, 0.29) is 17.2 Å². The van der Waals surface area contributed by atoms with Gasteiger partial charge in [-0.05, 0) is 102 Å². The number of benzene rings is 7. The van der Waals surface area contributed by atoms with Crippen LogP contribution in [-0.2, 0) is 12.4 Å². The summed E-state index contributed by atoms with van der Waals surface area (Å²) in [5.41, 5.74) is 2.92. The predicted octanol–water partition coefficient (Wildman–Crippen LogP) is 12.9. The van der Waals surface area contributed by atoms with Gasteiger partial charge in [0.15, 0.2) is 0 Å². The van der Waals surface area contributed by atoms with Crippen molar-refractivity contribution in [2.24, 2.45) is 0 Å². The minimum Gasteiger partial charge on any atom is -0.309 e. The smallest absolute Gasteiger partial charge is 0.309 e. The predicted molar refractivity (Wildman–Crippen MR) is 210 cm³/mol. The number of para-hydroxylation sites is 2. The number of halogens is 6. The molecule has 0 aliphatic rings. The van der Waals surface area contributed by atoms with E-state index in [9.17, 15) is 42.1 Å². The Bertz CT molecular complexity index is 3280. The summed E-state index contributed by atoms with van der Waals surface area (Å²) in [6, 6.07) is 43.4. The van der Waals surface area contributed by atoms with Crippen LogP contribution in [0.5, 0.6) is 0 Å². The lowest BCUT2D eigenvalue weighted by Gasteiger charge is -2.20. The molecule has 0 radical (unpaired) electrons. The van der Waals surface area contributed by atoms with Gasteiger partial charge in [-0.15, -0.1) is 0 Å². The number of rotatable bonds is 4. The molecular formula is C47H23F6N5. The van der Waals surface area contributed by atoms with Crippen molar-refractivity contribution in [2.75, 3.05) is 0 Å². The zero-order chi connectivity index (χ0) is 40.5. The van der Waals surface area contributed by atoms with Gasteiger partial charge in [0, 0.05) is 32.7 Å². The Labute approximate surface area is 325 Å². The third-order valence-electron chi connectivity index (χ3n) is 10.4. The summed E-state index contributed by atoms with van der Waals surface area (Å²) >= 11 is 0. The number of nitrogens with zero attached hydrogens (tertiary/aromatic N) is 5. The maximum atomic E-state index is 14.1. The molecule has 9 rings (SSSR count). The van der Waals surface area contributed by atoms with Gasteiger partial charge in [0.05, 0.1) is 79.5 Å². The maximum Gasteiger partial charge on any atom is 0.416 e. The Kier molecular flexibility index (Phi) is 8.13. The van der Waals surface area contributed by atoms with Crippen LogP contribution in [0.2, 0.25) is 0 Å². The molecular weight excluding hydrogens is 749 g/mol. The van der Waals surface area contributed by atoms with Gasteiger partial charge in [-0.1, -0.05) is 48.5 Å². The van der Waals surface area contributed by atoms with Crippen LogP contribution in [0.1, 0.15) is 27.8 Å². The fourth-order valence-corrected chi connectivity index (χ4v) is 7.87. The van der Waals surface area contributed by atoms with E-state index < -0.39 is 23.5 Å². The van der Waals surface area contributed by atoms with Crippen molar-refractivity contribution in [3.63, 3.8) is 0 Å². The van der Waals surface area contributed by atoms with Crippen molar-refractivity contribution in [3.8, 4) is 51.8 Å². The summed E-state index contributed by atoms with van der Waals surface area (Å²) in [5, 5.41) is 32.9. The molecule has 9 aromatic rings. The minimum atomic E-state index is -5.06. The van der Waals surface area contributed by atoms with E-state index in [4.69, 9.17) is 0 Å². The Hall–Kier alpha value is -7.81. The second-order valence-corrected chi connectivity index (χ2v) is 13.8. The summed E-state index contributed by atoms with van der Waals surface area (Å²) in [5.74, 6) is 0. The number of fused-ring (bicyclic) bond motifs is 6. The first-order chi connectivity index (χ1) is 27.9. The first kappa shape index (κ1) is 35.9. The van der Waals surface area contributed by atoms with E-state index in [0.717, 1.165) is 27.2 Å². The molecule has 0 saturated carbocycles. The van der Waals surface area contributed by atoms with Crippen LogP contribution in [-0.4, -0.2) is 9.13 Å². The van der Waals surface area contributed by atoms with E-state index in [2.05, 4.69) is 18.2 Å². The molecule has 0 N–H and O–H groups in total. The van der Waals surface area contributed by atoms with Crippen LogP contribution in [0.3, 0.4) is 0 Å². The van der Waals surface area contributed by atoms with E-state index in [1.807, 2.05) is 63.7 Å². The van der Waals surface area contributed by atoms with Gasteiger partial charge >= 0.3 is 12.4 Å². The van der Waals surface area contributed by atoms with Crippen molar-refractivity contribution in [1.29, 1.82) is 15.8 Å². The van der Waals surface area contributed by atoms with E-state index in [1.165, 1.54) is 6.07 Å². The lowest BCUT2D eigenvalue weighted by atomic mass is 9.93. The van der Waals surface area contributed by atoms with Crippen molar-refractivity contribution in [1.82, 2.24) is 9.13 Å². The van der Waals surface area contributed by atoms with Crippen molar-refractivity contribution in [2.45, 2.75) is 12.4 Å². The average Bonchev–Trinajstić information content (AvgIpc) is 3.74. The van der Waals surface area contributed by atoms with Crippen molar-refractivity contribution < 1.29 is 26.3 Å². The molecule has 2 heterocycles. The molecule has 2 aromatic heterocycles. The minimum absolute atomic E-state index is 0.0776. The lowest BCUT2D eigenvalue weighted by molar-refractivity contribution is -0.143. The Morgan fingerprint density at radius 3 is 1.36 bits per heavy atom. The van der Waals surface area contributed by atoms with Gasteiger partial charge in [0.25, 0.3) is 0 Å². The first-order valence-corrected chi connectivity index (χ1v) is 17.7. The number of aromatic nitrogens is 2. The highest BCUT2D eigenvalue weighted by molar-refractivity contribution is 6.12. The van der Waals surface area contributed by atoms with E-state index in [1.54, 1.807) is 60.7 Å². The molecule has 0 spiro atoms. The first-order valence-electron chi connectivity index (χ1n) is 17.7. The van der Waals surface area contributed by atoms with E-state index >= 15 is 0 Å². The summed E-state index contributed by atoms with van der Waals surface area (Å²) in [4.78, 5) is 0. The number of alkyl halides is 6. The quantitative estimate of drug-likeness (QED) is 0.167. The second-order valence-electron chi connectivity index (χ2n) is 13.8. The summed E-state index contributed by atoms with van der Waals surface area (Å²) in [7, 11) is 0. The molecule has 0 bridgehead atoms. The topological polar surface area (TPSA) is 81.2 Å². The van der Waals surface area contributed by atoms with Gasteiger partial charge < -0.3 is 9.13 Å². The number of nitriles is 3. The number of hydrogen-bond donors (Lipinski definition) is 0. The van der Waals surface area contributed by atoms with Crippen LogP contribution in [0.15, 0.2) is 140 Å². The highest BCUT2D eigenvalue weighted by atomic mass is 19.4. The number of hydrogen-bond acceptors (Lipinski definition) is 3.